The lowest BCUT2D eigenvalue weighted by Crippen LogP contribution is -2.52. The number of amides is 2. The summed E-state index contributed by atoms with van der Waals surface area (Å²) in [4.78, 5) is 28.5. The van der Waals surface area contributed by atoms with Gasteiger partial charge in [0, 0.05) is 51.9 Å². The van der Waals surface area contributed by atoms with Crippen molar-refractivity contribution in [3.63, 3.8) is 0 Å². The molecule has 0 spiro atoms. The normalized spacial score (nSPS) is 19.5. The molecule has 1 saturated carbocycles. The third-order valence-electron chi connectivity index (χ3n) is 9.96. The predicted octanol–water partition coefficient (Wildman–Crippen LogP) is 4.16. The summed E-state index contributed by atoms with van der Waals surface area (Å²) >= 11 is 0. The van der Waals surface area contributed by atoms with Crippen LogP contribution in [0.5, 0.6) is 11.5 Å². The Morgan fingerprint density at radius 3 is 2.34 bits per heavy atom. The summed E-state index contributed by atoms with van der Waals surface area (Å²) in [6.07, 6.45) is 8.09. The van der Waals surface area contributed by atoms with Crippen LogP contribution < -0.4 is 20.1 Å². The van der Waals surface area contributed by atoms with Crippen LogP contribution in [-0.4, -0.2) is 86.6 Å². The highest BCUT2D eigenvalue weighted by Gasteiger charge is 2.44. The smallest absolute Gasteiger partial charge is 0.311 e. The lowest BCUT2D eigenvalue weighted by atomic mass is 9.77. The fraction of sp³-hybridized carbons (Fsp3) is 0.622. The summed E-state index contributed by atoms with van der Waals surface area (Å²) in [5, 5.41) is 29.5. The topological polar surface area (TPSA) is 130 Å². The number of unbranched alkanes of at least 4 members (excludes halogenated alkanes) is 1. The number of carbonyl (C=O) groups excluding carboxylic acids is 2. The molecule has 0 radical (unpaired) electrons. The number of rotatable bonds is 17. The molecule has 47 heavy (non-hydrogen) atoms. The van der Waals surface area contributed by atoms with E-state index in [0.717, 1.165) is 49.7 Å². The third kappa shape index (κ3) is 10.4. The molecular formula is C37H55N3O7. The molecule has 10 nitrogen and oxygen atoms in total. The molecule has 0 aromatic heterocycles. The standard InChI is InChI=1S/C37H55N3O7/c1-45-19-11-10-17-37(44,29-14-8-5-9-15-29)30-16-18-40(26-30)36(43)35(42)39-33(22-27-12-6-4-7-13-27)34(41)25-38-24-28-20-31(46-2)23-32(21-28)47-3/h5,8-9,14-15,20-21,23,27,30,33-34,38,41,44H,4,6-7,10-13,16-19,22,24-26H2,1-3H3,(H,39,42)/t30-,33+,34?,37-/m1/s1. The molecule has 4 N–H and O–H groups in total. The van der Waals surface area contributed by atoms with Crippen molar-refractivity contribution in [2.75, 3.05) is 47.6 Å². The van der Waals surface area contributed by atoms with Crippen molar-refractivity contribution >= 4 is 11.8 Å². The molecule has 10 heteroatoms. The highest BCUT2D eigenvalue weighted by molar-refractivity contribution is 6.35. The molecule has 1 saturated heterocycles. The van der Waals surface area contributed by atoms with Gasteiger partial charge in [0.25, 0.3) is 0 Å². The maximum absolute atomic E-state index is 13.5. The number of methoxy groups -OCH3 is 3. The summed E-state index contributed by atoms with van der Waals surface area (Å²) < 4.78 is 15.9. The second kappa shape index (κ2) is 18.4. The van der Waals surface area contributed by atoms with Crippen molar-refractivity contribution < 1.29 is 34.0 Å². The van der Waals surface area contributed by atoms with Crippen LogP contribution >= 0.6 is 0 Å². The molecule has 1 aliphatic heterocycles. The molecule has 4 atom stereocenters. The second-order valence-corrected chi connectivity index (χ2v) is 13.2. The fourth-order valence-electron chi connectivity index (χ4n) is 7.23. The van der Waals surface area contributed by atoms with E-state index in [2.05, 4.69) is 10.6 Å². The van der Waals surface area contributed by atoms with Gasteiger partial charge in [-0.05, 0) is 61.3 Å². The number of aliphatic hydroxyl groups is 2. The van der Waals surface area contributed by atoms with Gasteiger partial charge >= 0.3 is 11.8 Å². The Labute approximate surface area is 280 Å². The molecule has 2 aromatic carbocycles. The zero-order valence-electron chi connectivity index (χ0n) is 28.4. The van der Waals surface area contributed by atoms with E-state index in [4.69, 9.17) is 14.2 Å². The Hall–Kier alpha value is -3.18. The first kappa shape index (κ1) is 36.7. The average molecular weight is 654 g/mol. The van der Waals surface area contributed by atoms with Crippen LogP contribution in [-0.2, 0) is 26.5 Å². The van der Waals surface area contributed by atoms with Crippen LogP contribution in [0.15, 0.2) is 48.5 Å². The number of carbonyl (C=O) groups is 2. The van der Waals surface area contributed by atoms with Gasteiger partial charge in [-0.2, -0.15) is 0 Å². The van der Waals surface area contributed by atoms with Gasteiger partial charge < -0.3 is 40.0 Å². The van der Waals surface area contributed by atoms with Crippen molar-refractivity contribution in [1.29, 1.82) is 0 Å². The Kier molecular flexibility index (Phi) is 14.3. The van der Waals surface area contributed by atoms with Crippen LogP contribution in [0.2, 0.25) is 0 Å². The minimum atomic E-state index is -1.11. The summed E-state index contributed by atoms with van der Waals surface area (Å²) in [6, 6.07) is 14.7. The number of nitrogens with zero attached hydrogens (tertiary/aromatic N) is 1. The highest BCUT2D eigenvalue weighted by atomic mass is 16.5. The molecule has 260 valence electrons. The largest absolute Gasteiger partial charge is 0.497 e. The number of aliphatic hydroxyl groups excluding tert-OH is 1. The van der Waals surface area contributed by atoms with Crippen LogP contribution in [0.4, 0.5) is 0 Å². The van der Waals surface area contributed by atoms with Crippen LogP contribution in [0.25, 0.3) is 0 Å². The zero-order chi connectivity index (χ0) is 33.6. The Balaban J connectivity index is 1.39. The lowest BCUT2D eigenvalue weighted by molar-refractivity contribution is -0.146. The van der Waals surface area contributed by atoms with Gasteiger partial charge in [0.2, 0.25) is 0 Å². The van der Waals surface area contributed by atoms with Gasteiger partial charge in [-0.25, -0.2) is 0 Å². The van der Waals surface area contributed by atoms with E-state index in [9.17, 15) is 19.8 Å². The second-order valence-electron chi connectivity index (χ2n) is 13.2. The summed E-state index contributed by atoms with van der Waals surface area (Å²) in [6.45, 7) is 2.03. The van der Waals surface area contributed by atoms with Crippen molar-refractivity contribution in [3.8, 4) is 11.5 Å². The van der Waals surface area contributed by atoms with Crippen molar-refractivity contribution in [2.24, 2.45) is 11.8 Å². The first-order valence-corrected chi connectivity index (χ1v) is 17.2. The summed E-state index contributed by atoms with van der Waals surface area (Å²) in [7, 11) is 4.88. The maximum atomic E-state index is 13.5. The molecule has 1 aliphatic carbocycles. The van der Waals surface area contributed by atoms with Crippen molar-refractivity contribution in [1.82, 2.24) is 15.5 Å². The van der Waals surface area contributed by atoms with Gasteiger partial charge in [0.15, 0.2) is 0 Å². The number of benzene rings is 2. The van der Waals surface area contributed by atoms with E-state index >= 15 is 0 Å². The predicted molar refractivity (Wildman–Crippen MR) is 181 cm³/mol. The van der Waals surface area contributed by atoms with Gasteiger partial charge in [-0.3, -0.25) is 9.59 Å². The van der Waals surface area contributed by atoms with E-state index in [0.29, 0.717) is 62.9 Å². The monoisotopic (exact) mass is 653 g/mol. The highest BCUT2D eigenvalue weighted by Crippen LogP contribution is 2.40. The van der Waals surface area contributed by atoms with Gasteiger partial charge in [0.1, 0.15) is 11.5 Å². The molecule has 1 heterocycles. The van der Waals surface area contributed by atoms with E-state index in [-0.39, 0.29) is 12.5 Å². The third-order valence-corrected chi connectivity index (χ3v) is 9.96. The molecular weight excluding hydrogens is 598 g/mol. The zero-order valence-corrected chi connectivity index (χ0v) is 28.4. The van der Waals surface area contributed by atoms with Crippen LogP contribution in [0, 0.1) is 11.8 Å². The van der Waals surface area contributed by atoms with Crippen molar-refractivity contribution in [2.45, 2.75) is 88.5 Å². The number of hydrogen-bond donors (Lipinski definition) is 4. The molecule has 4 rings (SSSR count). The Bertz CT molecular complexity index is 1230. The number of likely N-dealkylation sites (tertiary alicyclic amines) is 1. The first-order valence-electron chi connectivity index (χ1n) is 17.2. The first-order chi connectivity index (χ1) is 22.8. The SMILES string of the molecule is COCCCC[C@@](O)(c1ccccc1)[C@@H]1CCN(C(=O)C(=O)N[C@@H](CC2CCCCC2)C(O)CNCc2cc(OC)cc(OC)c2)C1. The quantitative estimate of drug-likeness (QED) is 0.148. The molecule has 2 aromatic rings. The van der Waals surface area contributed by atoms with Gasteiger partial charge in [-0.1, -0.05) is 62.4 Å². The number of ether oxygens (including phenoxy) is 3. The van der Waals surface area contributed by atoms with E-state index in [1.807, 2.05) is 42.5 Å². The number of hydrogen-bond acceptors (Lipinski definition) is 8. The molecule has 1 unspecified atom stereocenters. The Morgan fingerprint density at radius 1 is 0.979 bits per heavy atom. The van der Waals surface area contributed by atoms with E-state index in [1.165, 1.54) is 6.42 Å². The fourth-order valence-corrected chi connectivity index (χ4v) is 7.23. The minimum absolute atomic E-state index is 0.202. The summed E-state index contributed by atoms with van der Waals surface area (Å²) in [5.74, 6) is 0.232. The molecule has 2 amide bonds. The van der Waals surface area contributed by atoms with Crippen LogP contribution in [0.1, 0.15) is 75.3 Å². The molecule has 2 fully saturated rings. The van der Waals surface area contributed by atoms with Gasteiger partial charge in [-0.15, -0.1) is 0 Å². The maximum Gasteiger partial charge on any atom is 0.311 e. The van der Waals surface area contributed by atoms with E-state index in [1.54, 1.807) is 32.3 Å². The van der Waals surface area contributed by atoms with Gasteiger partial charge in [0.05, 0.1) is 32.0 Å². The van der Waals surface area contributed by atoms with Crippen LogP contribution in [0.3, 0.4) is 0 Å². The summed E-state index contributed by atoms with van der Waals surface area (Å²) in [5.41, 5.74) is 0.657. The number of nitrogens with one attached hydrogen (secondary N) is 2. The molecule has 2 aliphatic rings. The average Bonchev–Trinajstić information content (AvgIpc) is 3.61. The Morgan fingerprint density at radius 2 is 1.68 bits per heavy atom. The molecule has 0 bridgehead atoms. The minimum Gasteiger partial charge on any atom is -0.497 e. The van der Waals surface area contributed by atoms with Crippen molar-refractivity contribution in [3.05, 3.63) is 59.7 Å². The van der Waals surface area contributed by atoms with E-state index < -0.39 is 29.6 Å². The lowest BCUT2D eigenvalue weighted by Gasteiger charge is -2.35.